The lowest BCUT2D eigenvalue weighted by molar-refractivity contribution is -0.395. The standard InChI is InChI=1S/C19H29N5O7/c1-18(2,13(25)7-8-14(26)31-5)21-9-6-10-22-19(3,4)15(27)16(28)23-12-11-20-17(23)24(29)30/h11-12,21-22H,6-10H2,1-5H3. The van der Waals surface area contributed by atoms with Crippen molar-refractivity contribution in [2.45, 2.75) is 58.0 Å². The number of ether oxygens (including phenoxy) is 1. The number of Topliss-reactive ketones (excluding diaryl/α,β-unsaturated/α-hetero) is 2. The van der Waals surface area contributed by atoms with Gasteiger partial charge in [-0.15, -0.1) is 0 Å². The fourth-order valence-electron chi connectivity index (χ4n) is 2.67. The van der Waals surface area contributed by atoms with Gasteiger partial charge >= 0.3 is 17.8 Å². The second-order valence-electron chi connectivity index (χ2n) is 7.95. The third-order valence-corrected chi connectivity index (χ3v) is 4.73. The molecule has 0 unspecified atom stereocenters. The Hall–Kier alpha value is -2.99. The molecular formula is C19H29N5O7. The number of rotatable bonds is 13. The smallest absolute Gasteiger partial charge is 0.442 e. The van der Waals surface area contributed by atoms with E-state index in [1.54, 1.807) is 13.8 Å². The normalized spacial score (nSPS) is 11.8. The van der Waals surface area contributed by atoms with Gasteiger partial charge in [0.2, 0.25) is 0 Å². The second kappa shape index (κ2) is 10.9. The number of nitro groups is 1. The van der Waals surface area contributed by atoms with Crippen molar-refractivity contribution in [3.05, 3.63) is 22.5 Å². The Bertz CT molecular complexity index is 844. The molecule has 0 spiro atoms. The van der Waals surface area contributed by atoms with E-state index >= 15 is 0 Å². The first-order valence-corrected chi connectivity index (χ1v) is 9.70. The third-order valence-electron chi connectivity index (χ3n) is 4.73. The van der Waals surface area contributed by atoms with Gasteiger partial charge in [-0.1, -0.05) is 4.98 Å². The van der Waals surface area contributed by atoms with Gasteiger partial charge in [-0.05, 0) is 52.1 Å². The van der Waals surface area contributed by atoms with Crippen molar-refractivity contribution in [3.8, 4) is 0 Å². The summed E-state index contributed by atoms with van der Waals surface area (Å²) in [5.74, 6) is -3.21. The van der Waals surface area contributed by atoms with Crippen LogP contribution in [-0.4, -0.2) is 69.2 Å². The maximum absolute atomic E-state index is 12.5. The van der Waals surface area contributed by atoms with Gasteiger partial charge in [-0.3, -0.25) is 14.4 Å². The van der Waals surface area contributed by atoms with E-state index < -0.39 is 39.6 Å². The molecule has 0 radical (unpaired) electrons. The molecule has 0 atom stereocenters. The lowest BCUT2D eigenvalue weighted by atomic mass is 9.95. The van der Waals surface area contributed by atoms with E-state index in [0.29, 0.717) is 24.1 Å². The SMILES string of the molecule is COC(=O)CCC(=O)C(C)(C)NCCCNC(C)(C)C(=O)C(=O)n1ccnc1[N+](=O)[O-]. The van der Waals surface area contributed by atoms with Crippen LogP contribution in [0.5, 0.6) is 0 Å². The van der Waals surface area contributed by atoms with E-state index in [9.17, 15) is 29.3 Å². The molecule has 0 aliphatic heterocycles. The molecule has 0 saturated carbocycles. The second-order valence-corrected chi connectivity index (χ2v) is 7.95. The number of nitrogens with zero attached hydrogens (tertiary/aromatic N) is 3. The van der Waals surface area contributed by atoms with Crippen LogP contribution in [0, 0.1) is 10.1 Å². The minimum atomic E-state index is -1.26. The maximum atomic E-state index is 12.5. The molecule has 0 fully saturated rings. The highest BCUT2D eigenvalue weighted by molar-refractivity contribution is 6.40. The molecule has 1 rings (SSSR count). The van der Waals surface area contributed by atoms with Crippen molar-refractivity contribution >= 4 is 29.4 Å². The fraction of sp³-hybridized carbons (Fsp3) is 0.632. The number of aromatic nitrogens is 2. The lowest BCUT2D eigenvalue weighted by Gasteiger charge is -2.26. The summed E-state index contributed by atoms with van der Waals surface area (Å²) in [5.41, 5.74) is -2.10. The summed E-state index contributed by atoms with van der Waals surface area (Å²) in [6.45, 7) is 7.22. The number of methoxy groups -OCH3 is 1. The van der Waals surface area contributed by atoms with Gasteiger partial charge in [0.1, 0.15) is 12.4 Å². The molecular weight excluding hydrogens is 410 g/mol. The zero-order chi connectivity index (χ0) is 23.8. The Balaban J connectivity index is 2.51. The summed E-state index contributed by atoms with van der Waals surface area (Å²) < 4.78 is 5.13. The van der Waals surface area contributed by atoms with Crippen molar-refractivity contribution in [3.63, 3.8) is 0 Å². The predicted molar refractivity (Wildman–Crippen MR) is 110 cm³/mol. The van der Waals surface area contributed by atoms with Gasteiger partial charge in [-0.25, -0.2) is 4.79 Å². The maximum Gasteiger partial charge on any atom is 0.442 e. The van der Waals surface area contributed by atoms with Crippen LogP contribution in [0.3, 0.4) is 0 Å². The van der Waals surface area contributed by atoms with E-state index in [1.165, 1.54) is 21.0 Å². The number of hydrogen-bond acceptors (Lipinski definition) is 10. The first kappa shape index (κ1) is 26.0. The largest absolute Gasteiger partial charge is 0.469 e. The van der Waals surface area contributed by atoms with Crippen molar-refractivity contribution in [2.24, 2.45) is 0 Å². The van der Waals surface area contributed by atoms with Gasteiger partial charge in [0.05, 0.1) is 24.6 Å². The van der Waals surface area contributed by atoms with Crippen molar-refractivity contribution in [1.82, 2.24) is 20.2 Å². The molecule has 31 heavy (non-hydrogen) atoms. The highest BCUT2D eigenvalue weighted by Gasteiger charge is 2.37. The molecule has 1 heterocycles. The molecule has 0 amide bonds. The first-order chi connectivity index (χ1) is 14.3. The summed E-state index contributed by atoms with van der Waals surface area (Å²) >= 11 is 0. The van der Waals surface area contributed by atoms with Crippen LogP contribution in [0.2, 0.25) is 0 Å². The highest BCUT2D eigenvalue weighted by Crippen LogP contribution is 2.13. The Morgan fingerprint density at radius 1 is 1.10 bits per heavy atom. The molecule has 2 N–H and O–H groups in total. The number of carbonyl (C=O) groups excluding carboxylic acids is 4. The van der Waals surface area contributed by atoms with Crippen molar-refractivity contribution < 1.29 is 28.8 Å². The Morgan fingerprint density at radius 3 is 2.23 bits per heavy atom. The van der Waals surface area contributed by atoms with Gasteiger partial charge < -0.3 is 25.5 Å². The van der Waals surface area contributed by atoms with Crippen LogP contribution in [0.25, 0.3) is 0 Å². The minimum absolute atomic E-state index is 0.0153. The molecule has 1 aromatic heterocycles. The van der Waals surface area contributed by atoms with Gasteiger partial charge in [-0.2, -0.15) is 4.57 Å². The molecule has 0 aliphatic carbocycles. The summed E-state index contributed by atoms with van der Waals surface area (Å²) in [7, 11) is 1.26. The van der Waals surface area contributed by atoms with E-state index in [0.717, 1.165) is 12.4 Å². The number of nitrogens with one attached hydrogen (secondary N) is 2. The topological polar surface area (TPSA) is 163 Å². The number of hydrogen-bond donors (Lipinski definition) is 2. The molecule has 0 saturated heterocycles. The van der Waals surface area contributed by atoms with Crippen LogP contribution in [0.1, 0.15) is 51.8 Å². The molecule has 1 aromatic rings. The van der Waals surface area contributed by atoms with Crippen molar-refractivity contribution in [1.29, 1.82) is 0 Å². The molecule has 172 valence electrons. The van der Waals surface area contributed by atoms with Crippen LogP contribution in [-0.2, 0) is 19.1 Å². The number of imidazole rings is 1. The van der Waals surface area contributed by atoms with Crippen LogP contribution in [0.4, 0.5) is 5.95 Å². The number of esters is 1. The van der Waals surface area contributed by atoms with E-state index in [2.05, 4.69) is 20.4 Å². The van der Waals surface area contributed by atoms with Crippen LogP contribution < -0.4 is 10.6 Å². The minimum Gasteiger partial charge on any atom is -0.469 e. The number of ketones is 2. The van der Waals surface area contributed by atoms with Gasteiger partial charge in [0.25, 0.3) is 5.78 Å². The summed E-state index contributed by atoms with van der Waals surface area (Å²) in [4.78, 5) is 61.8. The van der Waals surface area contributed by atoms with Crippen LogP contribution >= 0.6 is 0 Å². The molecule has 0 bridgehead atoms. The van der Waals surface area contributed by atoms with E-state index in [-0.39, 0.29) is 18.6 Å². The van der Waals surface area contributed by atoms with Crippen LogP contribution in [0.15, 0.2) is 12.4 Å². The molecule has 0 aliphatic rings. The third kappa shape index (κ3) is 7.33. The van der Waals surface area contributed by atoms with Gasteiger partial charge in [0.15, 0.2) is 5.78 Å². The lowest BCUT2D eigenvalue weighted by Crippen LogP contribution is -2.52. The zero-order valence-electron chi connectivity index (χ0n) is 18.4. The first-order valence-electron chi connectivity index (χ1n) is 9.70. The van der Waals surface area contributed by atoms with E-state index in [1.807, 2.05) is 0 Å². The Kier molecular flexibility index (Phi) is 9.13. The van der Waals surface area contributed by atoms with E-state index in [4.69, 9.17) is 0 Å². The Labute approximate surface area is 179 Å². The van der Waals surface area contributed by atoms with Gasteiger partial charge in [0, 0.05) is 6.42 Å². The molecule has 0 aromatic carbocycles. The Morgan fingerprint density at radius 2 is 1.68 bits per heavy atom. The number of carbonyl (C=O) groups is 4. The quantitative estimate of drug-likeness (QED) is 0.147. The predicted octanol–water partition coefficient (Wildman–Crippen LogP) is 0.649. The summed E-state index contributed by atoms with van der Waals surface area (Å²) in [5, 5.41) is 17.0. The molecule has 12 nitrogen and oxygen atoms in total. The average Bonchev–Trinajstić information content (AvgIpc) is 3.20. The summed E-state index contributed by atoms with van der Waals surface area (Å²) in [6, 6.07) is 0. The molecule has 12 heteroatoms. The van der Waals surface area contributed by atoms with Crippen molar-refractivity contribution in [2.75, 3.05) is 20.2 Å². The summed E-state index contributed by atoms with van der Waals surface area (Å²) in [6.07, 6.45) is 2.75. The fourth-order valence-corrected chi connectivity index (χ4v) is 2.67. The zero-order valence-corrected chi connectivity index (χ0v) is 18.4. The highest BCUT2D eigenvalue weighted by atomic mass is 16.6. The monoisotopic (exact) mass is 439 g/mol. The average molecular weight is 439 g/mol.